The van der Waals surface area contributed by atoms with E-state index < -0.39 is 0 Å². The number of anilines is 1. The van der Waals surface area contributed by atoms with Gasteiger partial charge in [-0.1, -0.05) is 28.1 Å². The molecule has 0 saturated heterocycles. The average Bonchev–Trinajstić information content (AvgIpc) is 3.39. The van der Waals surface area contributed by atoms with Crippen molar-refractivity contribution >= 4 is 55.2 Å². The van der Waals surface area contributed by atoms with Crippen LogP contribution in [-0.2, 0) is 0 Å². The zero-order valence-electron chi connectivity index (χ0n) is 17.8. The van der Waals surface area contributed by atoms with E-state index >= 15 is 0 Å². The third-order valence-corrected chi connectivity index (χ3v) is 5.93. The van der Waals surface area contributed by atoms with Crippen molar-refractivity contribution in [3.8, 4) is 5.75 Å². The molecule has 0 bridgehead atoms. The van der Waals surface area contributed by atoms with Crippen molar-refractivity contribution in [2.24, 2.45) is 0 Å². The van der Waals surface area contributed by atoms with Gasteiger partial charge in [-0.25, -0.2) is 0 Å². The van der Waals surface area contributed by atoms with Crippen molar-refractivity contribution < 1.29 is 23.2 Å². The predicted octanol–water partition coefficient (Wildman–Crippen LogP) is 6.74. The van der Waals surface area contributed by atoms with Crippen molar-refractivity contribution in [3.63, 3.8) is 0 Å². The van der Waals surface area contributed by atoms with Gasteiger partial charge in [-0.15, -0.1) is 0 Å². The molecule has 0 aliphatic heterocycles. The van der Waals surface area contributed by atoms with Crippen LogP contribution in [0.15, 0.2) is 80.0 Å². The maximum Gasteiger partial charge on any atom is 0.291 e. The number of carbonyl (C=O) groups is 2. The standard InChI is InChI=1S/C26H18BrNO5/c1-14-20-13-18(28-26(30)23-12-16-10-17(27)6-8-21(16)32-23)7-9-22(20)33-25(14)24(29)15-4-3-5-19(11-15)31-2/h3-13H,1-2H3,(H,28,30). The number of furan rings is 2. The van der Waals surface area contributed by atoms with Gasteiger partial charge in [0.1, 0.15) is 16.9 Å². The van der Waals surface area contributed by atoms with E-state index in [0.29, 0.717) is 33.7 Å². The largest absolute Gasteiger partial charge is 0.497 e. The number of ketones is 1. The molecule has 7 heteroatoms. The molecule has 1 amide bonds. The number of methoxy groups -OCH3 is 1. The molecule has 1 N–H and O–H groups in total. The maximum absolute atomic E-state index is 13.0. The normalized spacial score (nSPS) is 11.1. The minimum absolute atomic E-state index is 0.209. The van der Waals surface area contributed by atoms with Gasteiger partial charge in [0, 0.05) is 32.1 Å². The van der Waals surface area contributed by atoms with Gasteiger partial charge >= 0.3 is 0 Å². The van der Waals surface area contributed by atoms with Gasteiger partial charge in [-0.3, -0.25) is 9.59 Å². The Bertz CT molecular complexity index is 1550. The molecule has 0 fully saturated rings. The lowest BCUT2D eigenvalue weighted by molar-refractivity contribution is 0.0995. The van der Waals surface area contributed by atoms with Crippen molar-refractivity contribution in [1.82, 2.24) is 0 Å². The van der Waals surface area contributed by atoms with Gasteiger partial charge in [-0.05, 0) is 61.5 Å². The summed E-state index contributed by atoms with van der Waals surface area (Å²) in [5.74, 6) is 0.459. The van der Waals surface area contributed by atoms with Crippen LogP contribution in [0.25, 0.3) is 21.9 Å². The second-order valence-electron chi connectivity index (χ2n) is 7.58. The molecule has 2 aromatic heterocycles. The van der Waals surface area contributed by atoms with Crippen LogP contribution >= 0.6 is 15.9 Å². The summed E-state index contributed by atoms with van der Waals surface area (Å²) in [5, 5.41) is 4.42. The molecule has 0 unspecified atom stereocenters. The molecule has 0 atom stereocenters. The SMILES string of the molecule is COc1cccc(C(=O)c2oc3ccc(NC(=O)c4cc5cc(Br)ccc5o4)cc3c2C)c1. The zero-order chi connectivity index (χ0) is 23.1. The summed E-state index contributed by atoms with van der Waals surface area (Å²) < 4.78 is 17.6. The number of hydrogen-bond donors (Lipinski definition) is 1. The number of halogens is 1. The summed E-state index contributed by atoms with van der Waals surface area (Å²) in [6.07, 6.45) is 0. The van der Waals surface area contributed by atoms with E-state index in [4.69, 9.17) is 13.6 Å². The van der Waals surface area contributed by atoms with Crippen LogP contribution in [0, 0.1) is 6.92 Å². The van der Waals surface area contributed by atoms with Gasteiger partial charge in [0.15, 0.2) is 11.5 Å². The number of nitrogens with one attached hydrogen (secondary N) is 1. The monoisotopic (exact) mass is 503 g/mol. The molecule has 6 nitrogen and oxygen atoms in total. The highest BCUT2D eigenvalue weighted by Gasteiger charge is 2.20. The minimum Gasteiger partial charge on any atom is -0.497 e. The third-order valence-electron chi connectivity index (χ3n) is 5.43. The van der Waals surface area contributed by atoms with E-state index in [9.17, 15) is 9.59 Å². The number of rotatable bonds is 5. The number of hydrogen-bond acceptors (Lipinski definition) is 5. The summed E-state index contributed by atoms with van der Waals surface area (Å²) in [5.41, 5.74) is 2.93. The molecule has 3 aromatic carbocycles. The van der Waals surface area contributed by atoms with E-state index in [-0.39, 0.29) is 23.2 Å². The zero-order valence-corrected chi connectivity index (χ0v) is 19.4. The summed E-state index contributed by atoms with van der Waals surface area (Å²) >= 11 is 3.42. The molecular weight excluding hydrogens is 486 g/mol. The predicted molar refractivity (Wildman–Crippen MR) is 129 cm³/mol. The summed E-state index contributed by atoms with van der Waals surface area (Å²) in [4.78, 5) is 25.8. The molecule has 0 aliphatic rings. The van der Waals surface area contributed by atoms with Gasteiger partial charge in [0.25, 0.3) is 5.91 Å². The van der Waals surface area contributed by atoms with Crippen LogP contribution in [0.1, 0.15) is 32.2 Å². The fraction of sp³-hybridized carbons (Fsp3) is 0.0769. The Morgan fingerprint density at radius 2 is 1.76 bits per heavy atom. The van der Waals surface area contributed by atoms with Crippen LogP contribution in [0.4, 0.5) is 5.69 Å². The molecule has 0 spiro atoms. The van der Waals surface area contributed by atoms with Crippen LogP contribution in [0.3, 0.4) is 0 Å². The molecule has 5 rings (SSSR count). The van der Waals surface area contributed by atoms with E-state index in [2.05, 4.69) is 21.2 Å². The summed E-state index contributed by atoms with van der Waals surface area (Å²) in [6.45, 7) is 1.82. The van der Waals surface area contributed by atoms with Crippen molar-refractivity contribution in [2.45, 2.75) is 6.92 Å². The Kier molecular flexibility index (Phi) is 5.26. The highest BCUT2D eigenvalue weighted by atomic mass is 79.9. The van der Waals surface area contributed by atoms with Crippen LogP contribution < -0.4 is 10.1 Å². The lowest BCUT2D eigenvalue weighted by Crippen LogP contribution is -2.10. The second kappa shape index (κ2) is 8.26. The first-order valence-corrected chi connectivity index (χ1v) is 10.9. The quantitative estimate of drug-likeness (QED) is 0.268. The fourth-order valence-electron chi connectivity index (χ4n) is 3.73. The number of carbonyl (C=O) groups excluding carboxylic acids is 2. The molecule has 0 saturated carbocycles. The molecule has 33 heavy (non-hydrogen) atoms. The topological polar surface area (TPSA) is 81.7 Å². The highest BCUT2D eigenvalue weighted by molar-refractivity contribution is 9.10. The third kappa shape index (κ3) is 3.91. The van der Waals surface area contributed by atoms with Gasteiger partial charge in [0.2, 0.25) is 5.78 Å². The number of benzene rings is 3. The Labute approximate surface area is 197 Å². The molecule has 2 heterocycles. The number of ether oxygens (including phenoxy) is 1. The second-order valence-corrected chi connectivity index (χ2v) is 8.49. The molecule has 0 aliphatic carbocycles. The van der Waals surface area contributed by atoms with Crippen molar-refractivity contribution in [3.05, 3.63) is 93.9 Å². The van der Waals surface area contributed by atoms with Crippen molar-refractivity contribution in [1.29, 1.82) is 0 Å². The fourth-order valence-corrected chi connectivity index (χ4v) is 4.11. The van der Waals surface area contributed by atoms with E-state index in [0.717, 1.165) is 15.2 Å². The highest BCUT2D eigenvalue weighted by Crippen LogP contribution is 2.30. The lowest BCUT2D eigenvalue weighted by atomic mass is 10.0. The van der Waals surface area contributed by atoms with E-state index in [1.165, 1.54) is 0 Å². The summed E-state index contributed by atoms with van der Waals surface area (Å²) in [6, 6.07) is 19.4. The van der Waals surface area contributed by atoms with Crippen LogP contribution in [0.2, 0.25) is 0 Å². The van der Waals surface area contributed by atoms with Crippen molar-refractivity contribution in [2.75, 3.05) is 12.4 Å². The first-order chi connectivity index (χ1) is 15.9. The Morgan fingerprint density at radius 1 is 0.939 bits per heavy atom. The van der Waals surface area contributed by atoms with Gasteiger partial charge in [0.05, 0.1) is 7.11 Å². The minimum atomic E-state index is -0.365. The Morgan fingerprint density at radius 3 is 2.58 bits per heavy atom. The number of amides is 1. The number of fused-ring (bicyclic) bond motifs is 2. The first-order valence-electron chi connectivity index (χ1n) is 10.2. The average molecular weight is 504 g/mol. The van der Waals surface area contributed by atoms with Crippen LogP contribution in [0.5, 0.6) is 5.75 Å². The van der Waals surface area contributed by atoms with E-state index in [1.54, 1.807) is 61.7 Å². The lowest BCUT2D eigenvalue weighted by Gasteiger charge is -2.03. The molecule has 5 aromatic rings. The molecule has 164 valence electrons. The Balaban J connectivity index is 1.43. The van der Waals surface area contributed by atoms with E-state index in [1.807, 2.05) is 19.1 Å². The summed E-state index contributed by atoms with van der Waals surface area (Å²) in [7, 11) is 1.55. The number of aryl methyl sites for hydroxylation is 1. The van der Waals surface area contributed by atoms with Gasteiger partial charge in [-0.2, -0.15) is 0 Å². The smallest absolute Gasteiger partial charge is 0.291 e. The van der Waals surface area contributed by atoms with Crippen LogP contribution in [-0.4, -0.2) is 18.8 Å². The maximum atomic E-state index is 13.0. The molecule has 0 radical (unpaired) electrons. The molecular formula is C26H18BrNO5. The Hall–Kier alpha value is -3.84. The van der Waals surface area contributed by atoms with Gasteiger partial charge < -0.3 is 18.9 Å². The first kappa shape index (κ1) is 21.0.